The molecule has 21 heavy (non-hydrogen) atoms. The third-order valence-corrected chi connectivity index (χ3v) is 3.77. The fraction of sp³-hybridized carbons (Fsp3) is 0.167. The third kappa shape index (κ3) is 2.72. The molecular weight excluding hydrogens is 305 g/mol. The van der Waals surface area contributed by atoms with Crippen molar-refractivity contribution in [1.29, 1.82) is 0 Å². The van der Waals surface area contributed by atoms with Crippen molar-refractivity contribution in [1.82, 2.24) is 5.16 Å². The molecule has 2 rings (SSSR count). The first-order valence-corrected chi connectivity index (χ1v) is 7.41. The minimum absolute atomic E-state index is 0.156. The van der Waals surface area contributed by atoms with Gasteiger partial charge in [0.1, 0.15) is 10.6 Å². The van der Waals surface area contributed by atoms with Gasteiger partial charge in [-0.05, 0) is 12.1 Å². The van der Waals surface area contributed by atoms with Gasteiger partial charge < -0.3 is 14.4 Å². The standard InChI is InChI=1S/C12H10FNO6S/c1-19-8-4-3-6(10(13)11(8)21(2,17)18)9-5-7(12(15)16)14-20-9/h3-5H,1-2H3,(H,15,16). The van der Waals surface area contributed by atoms with E-state index in [4.69, 9.17) is 14.4 Å². The van der Waals surface area contributed by atoms with Crippen LogP contribution in [0.5, 0.6) is 5.75 Å². The van der Waals surface area contributed by atoms with Crippen LogP contribution in [0.4, 0.5) is 4.39 Å². The third-order valence-electron chi connectivity index (χ3n) is 2.65. The number of carbonyl (C=O) groups is 1. The van der Waals surface area contributed by atoms with E-state index in [1.54, 1.807) is 0 Å². The van der Waals surface area contributed by atoms with E-state index in [0.29, 0.717) is 0 Å². The van der Waals surface area contributed by atoms with Gasteiger partial charge in [0.15, 0.2) is 27.1 Å². The first-order chi connectivity index (χ1) is 9.75. The summed E-state index contributed by atoms with van der Waals surface area (Å²) in [6.45, 7) is 0. The topological polar surface area (TPSA) is 107 Å². The maximum atomic E-state index is 14.4. The average molecular weight is 315 g/mol. The lowest BCUT2D eigenvalue weighted by molar-refractivity contribution is 0.0686. The van der Waals surface area contributed by atoms with Gasteiger partial charge in [-0.1, -0.05) is 5.16 Å². The quantitative estimate of drug-likeness (QED) is 0.913. The number of nitrogens with zero attached hydrogens (tertiary/aromatic N) is 1. The molecule has 0 radical (unpaired) electrons. The molecule has 0 saturated heterocycles. The molecule has 1 heterocycles. The molecule has 1 N–H and O–H groups in total. The maximum absolute atomic E-state index is 14.4. The summed E-state index contributed by atoms with van der Waals surface area (Å²) in [7, 11) is -2.69. The second kappa shape index (κ2) is 5.17. The Balaban J connectivity index is 2.68. The Morgan fingerprint density at radius 2 is 2.10 bits per heavy atom. The van der Waals surface area contributed by atoms with Gasteiger partial charge in [0.25, 0.3) is 0 Å². The minimum Gasteiger partial charge on any atom is -0.495 e. The molecule has 2 aromatic rings. The zero-order valence-electron chi connectivity index (χ0n) is 11.0. The first-order valence-electron chi connectivity index (χ1n) is 5.52. The number of hydrogen-bond donors (Lipinski definition) is 1. The summed E-state index contributed by atoms with van der Waals surface area (Å²) < 4.78 is 47.3. The molecule has 112 valence electrons. The molecule has 7 nitrogen and oxygen atoms in total. The Bertz CT molecular complexity index is 811. The molecule has 0 fully saturated rings. The van der Waals surface area contributed by atoms with Crippen molar-refractivity contribution in [3.05, 3.63) is 29.7 Å². The van der Waals surface area contributed by atoms with Gasteiger partial charge >= 0.3 is 5.97 Å². The number of halogens is 1. The van der Waals surface area contributed by atoms with E-state index in [0.717, 1.165) is 12.3 Å². The van der Waals surface area contributed by atoms with Crippen molar-refractivity contribution in [3.63, 3.8) is 0 Å². The molecule has 0 amide bonds. The number of rotatable bonds is 4. The van der Waals surface area contributed by atoms with Gasteiger partial charge in [0, 0.05) is 12.3 Å². The van der Waals surface area contributed by atoms with E-state index in [9.17, 15) is 17.6 Å². The number of aromatic carboxylic acids is 1. The lowest BCUT2D eigenvalue weighted by Gasteiger charge is -2.09. The molecule has 1 aromatic heterocycles. The molecule has 1 aromatic carbocycles. The van der Waals surface area contributed by atoms with Crippen molar-refractivity contribution in [3.8, 4) is 17.1 Å². The lowest BCUT2D eigenvalue weighted by atomic mass is 10.1. The van der Waals surface area contributed by atoms with Crippen molar-refractivity contribution < 1.29 is 32.0 Å². The van der Waals surface area contributed by atoms with Gasteiger partial charge in [-0.3, -0.25) is 0 Å². The van der Waals surface area contributed by atoms with Crippen molar-refractivity contribution in [2.45, 2.75) is 4.90 Å². The zero-order valence-corrected chi connectivity index (χ0v) is 11.8. The van der Waals surface area contributed by atoms with Crippen LogP contribution in [0.3, 0.4) is 0 Å². The van der Waals surface area contributed by atoms with Crippen LogP contribution in [0.2, 0.25) is 0 Å². The van der Waals surface area contributed by atoms with E-state index in [2.05, 4.69) is 5.16 Å². The normalized spacial score (nSPS) is 11.4. The molecule has 0 spiro atoms. The molecule has 0 aliphatic carbocycles. The summed E-state index contributed by atoms with van der Waals surface area (Å²) >= 11 is 0. The highest BCUT2D eigenvalue weighted by Crippen LogP contribution is 2.34. The lowest BCUT2D eigenvalue weighted by Crippen LogP contribution is -2.05. The molecule has 0 saturated carbocycles. The maximum Gasteiger partial charge on any atom is 0.358 e. The number of carboxylic acids is 1. The van der Waals surface area contributed by atoms with Gasteiger partial charge in [0.2, 0.25) is 0 Å². The monoisotopic (exact) mass is 315 g/mol. The molecule has 0 bridgehead atoms. The van der Waals surface area contributed by atoms with E-state index in [-0.39, 0.29) is 17.1 Å². The summed E-state index contributed by atoms with van der Waals surface area (Å²) in [5.41, 5.74) is -0.641. The van der Waals surface area contributed by atoms with Crippen LogP contribution in [0, 0.1) is 5.82 Å². The highest BCUT2D eigenvalue weighted by molar-refractivity contribution is 7.90. The van der Waals surface area contributed by atoms with Crippen LogP contribution in [-0.2, 0) is 9.84 Å². The van der Waals surface area contributed by atoms with Gasteiger partial charge in [0.05, 0.1) is 12.7 Å². The number of hydrogen-bond acceptors (Lipinski definition) is 6. The predicted octanol–water partition coefficient (Wildman–Crippen LogP) is 1.59. The Kier molecular flexibility index (Phi) is 3.69. The van der Waals surface area contributed by atoms with Crippen LogP contribution in [0.15, 0.2) is 27.6 Å². The number of ether oxygens (including phenoxy) is 1. The largest absolute Gasteiger partial charge is 0.495 e. The molecule has 0 unspecified atom stereocenters. The second-order valence-electron chi connectivity index (χ2n) is 4.11. The SMILES string of the molecule is COc1ccc(-c2cc(C(=O)O)no2)c(F)c1S(C)(=O)=O. The van der Waals surface area contributed by atoms with E-state index in [1.165, 1.54) is 19.2 Å². The number of carboxylic acid groups (broad SMARTS) is 1. The molecule has 0 aliphatic heterocycles. The molecular formula is C12H10FNO6S. The average Bonchev–Trinajstić information content (AvgIpc) is 2.86. The van der Waals surface area contributed by atoms with Crippen molar-refractivity contribution in [2.75, 3.05) is 13.4 Å². The van der Waals surface area contributed by atoms with Crippen LogP contribution in [0.25, 0.3) is 11.3 Å². The fourth-order valence-electron chi connectivity index (χ4n) is 1.74. The molecule has 0 aliphatic rings. The van der Waals surface area contributed by atoms with Gasteiger partial charge in [-0.2, -0.15) is 0 Å². The Morgan fingerprint density at radius 3 is 2.57 bits per heavy atom. The van der Waals surface area contributed by atoms with E-state index >= 15 is 0 Å². The van der Waals surface area contributed by atoms with Crippen LogP contribution >= 0.6 is 0 Å². The number of aromatic nitrogens is 1. The Hall–Kier alpha value is -2.42. The molecule has 9 heteroatoms. The summed E-state index contributed by atoms with van der Waals surface area (Å²) in [6.07, 6.45) is 0.834. The summed E-state index contributed by atoms with van der Waals surface area (Å²) in [5.74, 6) is -2.79. The predicted molar refractivity (Wildman–Crippen MR) is 68.5 cm³/mol. The van der Waals surface area contributed by atoms with Crippen LogP contribution < -0.4 is 4.74 Å². The van der Waals surface area contributed by atoms with Crippen LogP contribution in [0.1, 0.15) is 10.5 Å². The number of methoxy groups -OCH3 is 1. The Morgan fingerprint density at radius 1 is 1.43 bits per heavy atom. The van der Waals surface area contributed by atoms with E-state index < -0.39 is 32.2 Å². The summed E-state index contributed by atoms with van der Waals surface area (Å²) in [5, 5.41) is 12.0. The number of benzene rings is 1. The zero-order chi connectivity index (χ0) is 15.8. The highest BCUT2D eigenvalue weighted by atomic mass is 32.2. The number of sulfone groups is 1. The highest BCUT2D eigenvalue weighted by Gasteiger charge is 2.25. The fourth-order valence-corrected chi connectivity index (χ4v) is 2.69. The van der Waals surface area contributed by atoms with Crippen LogP contribution in [-0.4, -0.2) is 38.0 Å². The second-order valence-corrected chi connectivity index (χ2v) is 6.06. The van der Waals surface area contributed by atoms with Gasteiger partial charge in [-0.25, -0.2) is 17.6 Å². The van der Waals surface area contributed by atoms with Crippen molar-refractivity contribution >= 4 is 15.8 Å². The minimum atomic E-state index is -3.89. The first kappa shape index (κ1) is 15.0. The van der Waals surface area contributed by atoms with Gasteiger partial charge in [-0.15, -0.1) is 0 Å². The Labute approximate surface area is 118 Å². The smallest absolute Gasteiger partial charge is 0.358 e. The van der Waals surface area contributed by atoms with Crippen molar-refractivity contribution in [2.24, 2.45) is 0 Å². The summed E-state index contributed by atoms with van der Waals surface area (Å²) in [6, 6.07) is 3.46. The van der Waals surface area contributed by atoms with E-state index in [1.807, 2.05) is 0 Å². The summed E-state index contributed by atoms with van der Waals surface area (Å²) in [4.78, 5) is 10.1. The molecule has 0 atom stereocenters.